The van der Waals surface area contributed by atoms with Crippen molar-refractivity contribution in [2.45, 2.75) is 38.1 Å². The van der Waals surface area contributed by atoms with E-state index in [2.05, 4.69) is 26.2 Å². The van der Waals surface area contributed by atoms with Crippen LogP contribution >= 0.6 is 15.9 Å². The third-order valence-corrected chi connectivity index (χ3v) is 4.59. The first-order chi connectivity index (χ1) is 9.75. The maximum atomic E-state index is 12.5. The molecule has 1 saturated carbocycles. The minimum Gasteiger partial charge on any atom is -0.349 e. The van der Waals surface area contributed by atoms with E-state index in [0.717, 1.165) is 28.2 Å². The number of halogens is 1. The molecule has 2 aromatic rings. The van der Waals surface area contributed by atoms with Gasteiger partial charge >= 0.3 is 0 Å². The average molecular weight is 333 g/mol. The standard InChI is InChI=1S/C16H17BrN2O/c17-14-9-8-13(15-12(14)7-4-10-18-15)16(20)19-11-5-2-1-3-6-11/h4,7-11H,1-3,5-6H2,(H,19,20). The molecule has 1 aliphatic carbocycles. The molecule has 20 heavy (non-hydrogen) atoms. The molecule has 3 rings (SSSR count). The Hall–Kier alpha value is -1.42. The number of amides is 1. The molecule has 0 bridgehead atoms. The lowest BCUT2D eigenvalue weighted by Crippen LogP contribution is -2.36. The fourth-order valence-corrected chi connectivity index (χ4v) is 3.28. The first-order valence-corrected chi connectivity index (χ1v) is 7.89. The van der Waals surface area contributed by atoms with Gasteiger partial charge in [0.05, 0.1) is 11.1 Å². The second-order valence-electron chi connectivity index (χ2n) is 5.30. The second kappa shape index (κ2) is 5.92. The lowest BCUT2D eigenvalue weighted by atomic mass is 9.95. The third kappa shape index (κ3) is 2.70. The molecule has 1 aliphatic rings. The second-order valence-corrected chi connectivity index (χ2v) is 6.16. The van der Waals surface area contributed by atoms with Gasteiger partial charge in [-0.15, -0.1) is 0 Å². The van der Waals surface area contributed by atoms with Gasteiger partial charge in [-0.2, -0.15) is 0 Å². The summed E-state index contributed by atoms with van der Waals surface area (Å²) < 4.78 is 0.967. The van der Waals surface area contributed by atoms with Crippen molar-refractivity contribution in [1.82, 2.24) is 10.3 Å². The highest BCUT2D eigenvalue weighted by molar-refractivity contribution is 9.10. The molecule has 0 aliphatic heterocycles. The molecule has 1 heterocycles. The van der Waals surface area contributed by atoms with Crippen molar-refractivity contribution in [2.75, 3.05) is 0 Å². The molecule has 1 aromatic heterocycles. The summed E-state index contributed by atoms with van der Waals surface area (Å²) in [6.07, 6.45) is 7.62. The number of rotatable bonds is 2. The van der Waals surface area contributed by atoms with E-state index < -0.39 is 0 Å². The van der Waals surface area contributed by atoms with E-state index in [9.17, 15) is 4.79 Å². The van der Waals surface area contributed by atoms with Crippen molar-refractivity contribution < 1.29 is 4.79 Å². The molecule has 1 fully saturated rings. The lowest BCUT2D eigenvalue weighted by molar-refractivity contribution is 0.0929. The Balaban J connectivity index is 1.89. The van der Waals surface area contributed by atoms with Gasteiger partial charge in [-0.25, -0.2) is 0 Å². The van der Waals surface area contributed by atoms with Crippen molar-refractivity contribution in [1.29, 1.82) is 0 Å². The minimum atomic E-state index is -0.00639. The fraction of sp³-hybridized carbons (Fsp3) is 0.375. The zero-order valence-corrected chi connectivity index (χ0v) is 12.8. The quantitative estimate of drug-likeness (QED) is 0.900. The average Bonchev–Trinajstić information content (AvgIpc) is 2.49. The summed E-state index contributed by atoms with van der Waals surface area (Å²) in [5, 5.41) is 4.13. The summed E-state index contributed by atoms with van der Waals surface area (Å²) in [7, 11) is 0. The van der Waals surface area contributed by atoms with Crippen LogP contribution in [0.1, 0.15) is 42.5 Å². The van der Waals surface area contributed by atoms with Gasteiger partial charge in [-0.3, -0.25) is 9.78 Å². The first-order valence-electron chi connectivity index (χ1n) is 7.10. The smallest absolute Gasteiger partial charge is 0.253 e. The number of pyridine rings is 1. The largest absolute Gasteiger partial charge is 0.349 e. The number of hydrogen-bond donors (Lipinski definition) is 1. The van der Waals surface area contributed by atoms with Crippen LogP contribution < -0.4 is 5.32 Å². The Morgan fingerprint density at radius 3 is 2.80 bits per heavy atom. The molecular weight excluding hydrogens is 316 g/mol. The zero-order chi connectivity index (χ0) is 13.9. The molecule has 104 valence electrons. The van der Waals surface area contributed by atoms with Gasteiger partial charge in [0.25, 0.3) is 5.91 Å². The molecule has 0 atom stereocenters. The van der Waals surface area contributed by atoms with E-state index >= 15 is 0 Å². The molecule has 1 N–H and O–H groups in total. The van der Waals surface area contributed by atoms with E-state index in [1.54, 1.807) is 6.20 Å². The predicted molar refractivity (Wildman–Crippen MR) is 83.8 cm³/mol. The molecule has 1 aromatic carbocycles. The van der Waals surface area contributed by atoms with Gasteiger partial charge in [0.15, 0.2) is 0 Å². The highest BCUT2D eigenvalue weighted by Gasteiger charge is 2.18. The van der Waals surface area contributed by atoms with Gasteiger partial charge in [-0.05, 0) is 31.0 Å². The van der Waals surface area contributed by atoms with E-state index in [-0.39, 0.29) is 5.91 Å². The Bertz CT molecular complexity index is 635. The van der Waals surface area contributed by atoms with E-state index in [4.69, 9.17) is 0 Å². The van der Waals surface area contributed by atoms with Crippen molar-refractivity contribution >= 4 is 32.7 Å². The molecule has 3 nitrogen and oxygen atoms in total. The molecule has 0 spiro atoms. The number of benzene rings is 1. The van der Waals surface area contributed by atoms with Crippen LogP contribution in [0, 0.1) is 0 Å². The molecular formula is C16H17BrN2O. The van der Waals surface area contributed by atoms with Crippen LogP contribution in [0.5, 0.6) is 0 Å². The number of nitrogens with one attached hydrogen (secondary N) is 1. The molecule has 1 amide bonds. The van der Waals surface area contributed by atoms with Crippen LogP contribution in [-0.4, -0.2) is 16.9 Å². The Kier molecular flexibility index (Phi) is 4.01. The fourth-order valence-electron chi connectivity index (χ4n) is 2.83. The van der Waals surface area contributed by atoms with Crippen LogP contribution in [-0.2, 0) is 0 Å². The highest BCUT2D eigenvalue weighted by Crippen LogP contribution is 2.25. The monoisotopic (exact) mass is 332 g/mol. The lowest BCUT2D eigenvalue weighted by Gasteiger charge is -2.23. The first kappa shape index (κ1) is 13.6. The van der Waals surface area contributed by atoms with E-state index in [1.807, 2.05) is 24.3 Å². The number of carbonyl (C=O) groups is 1. The summed E-state index contributed by atoms with van der Waals surface area (Å²) in [5.41, 5.74) is 1.42. The maximum Gasteiger partial charge on any atom is 0.253 e. The highest BCUT2D eigenvalue weighted by atomic mass is 79.9. The van der Waals surface area contributed by atoms with Gasteiger partial charge in [-0.1, -0.05) is 41.3 Å². The minimum absolute atomic E-state index is 0.00639. The van der Waals surface area contributed by atoms with Crippen LogP contribution in [0.2, 0.25) is 0 Å². The van der Waals surface area contributed by atoms with E-state index in [0.29, 0.717) is 11.6 Å². The van der Waals surface area contributed by atoms with Crippen molar-refractivity contribution in [2.24, 2.45) is 0 Å². The number of aromatic nitrogens is 1. The summed E-state index contributed by atoms with van der Waals surface area (Å²) in [6, 6.07) is 7.94. The molecule has 4 heteroatoms. The third-order valence-electron chi connectivity index (χ3n) is 3.90. The summed E-state index contributed by atoms with van der Waals surface area (Å²) in [6.45, 7) is 0. The van der Waals surface area contributed by atoms with Gasteiger partial charge in [0, 0.05) is 22.1 Å². The molecule has 0 saturated heterocycles. The maximum absolute atomic E-state index is 12.5. The van der Waals surface area contributed by atoms with Crippen molar-refractivity contribution in [3.8, 4) is 0 Å². The Labute approximate surface area is 126 Å². The van der Waals surface area contributed by atoms with Crippen molar-refractivity contribution in [3.05, 3.63) is 40.5 Å². The zero-order valence-electron chi connectivity index (χ0n) is 11.2. The number of hydrogen-bond acceptors (Lipinski definition) is 2. The van der Waals surface area contributed by atoms with Crippen LogP contribution in [0.3, 0.4) is 0 Å². The van der Waals surface area contributed by atoms with Gasteiger partial charge < -0.3 is 5.32 Å². The number of nitrogens with zero attached hydrogens (tertiary/aromatic N) is 1. The van der Waals surface area contributed by atoms with Gasteiger partial charge in [0.2, 0.25) is 0 Å². The topological polar surface area (TPSA) is 42.0 Å². The van der Waals surface area contributed by atoms with Crippen molar-refractivity contribution in [3.63, 3.8) is 0 Å². The normalized spacial score (nSPS) is 16.2. The Morgan fingerprint density at radius 2 is 2.00 bits per heavy atom. The van der Waals surface area contributed by atoms with Crippen LogP contribution in [0.4, 0.5) is 0 Å². The van der Waals surface area contributed by atoms with Gasteiger partial charge in [0.1, 0.15) is 0 Å². The number of carbonyl (C=O) groups excluding carboxylic acids is 1. The van der Waals surface area contributed by atoms with Crippen LogP contribution in [0.15, 0.2) is 34.9 Å². The Morgan fingerprint density at radius 1 is 1.20 bits per heavy atom. The summed E-state index contributed by atoms with van der Waals surface area (Å²) in [5.74, 6) is -0.00639. The summed E-state index contributed by atoms with van der Waals surface area (Å²) >= 11 is 3.51. The SMILES string of the molecule is O=C(NC1CCCCC1)c1ccc(Br)c2cccnc12. The predicted octanol–water partition coefficient (Wildman–Crippen LogP) is 4.06. The number of fused-ring (bicyclic) bond motifs is 1. The summed E-state index contributed by atoms with van der Waals surface area (Å²) in [4.78, 5) is 16.8. The van der Waals surface area contributed by atoms with Crippen LogP contribution in [0.25, 0.3) is 10.9 Å². The molecule has 0 radical (unpaired) electrons. The molecule has 0 unspecified atom stereocenters. The van der Waals surface area contributed by atoms with E-state index in [1.165, 1.54) is 19.3 Å².